The van der Waals surface area contributed by atoms with Gasteiger partial charge in [0.15, 0.2) is 0 Å². The highest BCUT2D eigenvalue weighted by Gasteiger charge is 2.21. The molecule has 54 valence electrons. The Morgan fingerprint density at radius 2 is 2.11 bits per heavy atom. The normalized spacial score (nSPS) is 11.4. The molecule has 1 N–H and O–H groups in total. The van der Waals surface area contributed by atoms with Crippen LogP contribution in [-0.4, -0.2) is 17.0 Å². The van der Waals surface area contributed by atoms with Crippen LogP contribution in [0, 0.1) is 0 Å². The standard InChI is InChI=1S/C5H8F2O2/c1-5(6,7)3-2-4(8)9/h2-3H2,1H3,(H,8,9). The lowest BCUT2D eigenvalue weighted by atomic mass is 10.2. The first kappa shape index (κ1) is 8.33. The van der Waals surface area contributed by atoms with Gasteiger partial charge < -0.3 is 5.11 Å². The number of alkyl halides is 2. The van der Waals surface area contributed by atoms with E-state index in [1.807, 2.05) is 0 Å². The lowest BCUT2D eigenvalue weighted by molar-refractivity contribution is -0.138. The van der Waals surface area contributed by atoms with E-state index in [4.69, 9.17) is 5.11 Å². The molecule has 0 aromatic rings. The molecule has 9 heavy (non-hydrogen) atoms. The van der Waals surface area contributed by atoms with Gasteiger partial charge >= 0.3 is 5.97 Å². The highest BCUT2D eigenvalue weighted by molar-refractivity contribution is 5.66. The minimum absolute atomic E-state index is 0.469. The molecule has 0 amide bonds. The SMILES string of the molecule is CC(F)(F)CCC(=O)O. The summed E-state index contributed by atoms with van der Waals surface area (Å²) in [4.78, 5) is 9.71. The number of aliphatic carboxylic acids is 1. The minimum Gasteiger partial charge on any atom is -0.481 e. The number of carbonyl (C=O) groups is 1. The molecule has 0 aliphatic carbocycles. The van der Waals surface area contributed by atoms with Gasteiger partial charge in [-0.25, -0.2) is 8.78 Å². The van der Waals surface area contributed by atoms with Gasteiger partial charge in [-0.15, -0.1) is 0 Å². The average molecular weight is 138 g/mol. The van der Waals surface area contributed by atoms with E-state index in [9.17, 15) is 13.6 Å². The van der Waals surface area contributed by atoms with E-state index in [1.54, 1.807) is 0 Å². The van der Waals surface area contributed by atoms with Gasteiger partial charge in [-0.2, -0.15) is 0 Å². The van der Waals surface area contributed by atoms with Crippen molar-refractivity contribution in [2.45, 2.75) is 25.7 Å². The van der Waals surface area contributed by atoms with E-state index in [-0.39, 0.29) is 0 Å². The molecule has 0 heterocycles. The van der Waals surface area contributed by atoms with E-state index in [0.29, 0.717) is 6.92 Å². The largest absolute Gasteiger partial charge is 0.481 e. The van der Waals surface area contributed by atoms with Crippen molar-refractivity contribution in [3.63, 3.8) is 0 Å². The molecule has 0 aromatic heterocycles. The molecule has 4 heteroatoms. The van der Waals surface area contributed by atoms with E-state index in [0.717, 1.165) is 0 Å². The zero-order valence-electron chi connectivity index (χ0n) is 5.03. The predicted octanol–water partition coefficient (Wildman–Crippen LogP) is 1.51. The Balaban J connectivity index is 3.39. The molecule has 0 bridgehead atoms. The van der Waals surface area contributed by atoms with Crippen LogP contribution in [0.3, 0.4) is 0 Å². The van der Waals surface area contributed by atoms with Crippen LogP contribution in [0.25, 0.3) is 0 Å². The maximum Gasteiger partial charge on any atom is 0.303 e. The first-order valence-electron chi connectivity index (χ1n) is 2.51. The smallest absolute Gasteiger partial charge is 0.303 e. The monoisotopic (exact) mass is 138 g/mol. The Morgan fingerprint density at radius 3 is 2.22 bits per heavy atom. The van der Waals surface area contributed by atoms with Crippen LogP contribution in [0.4, 0.5) is 8.78 Å². The van der Waals surface area contributed by atoms with Crippen molar-refractivity contribution in [1.82, 2.24) is 0 Å². The van der Waals surface area contributed by atoms with Gasteiger partial charge in [0.05, 0.1) is 6.42 Å². The van der Waals surface area contributed by atoms with Gasteiger partial charge in [-0.1, -0.05) is 0 Å². The minimum atomic E-state index is -2.85. The van der Waals surface area contributed by atoms with E-state index in [1.165, 1.54) is 0 Å². The van der Waals surface area contributed by atoms with Gasteiger partial charge in [0.25, 0.3) is 0 Å². The summed E-state index contributed by atoms with van der Waals surface area (Å²) in [5, 5.41) is 7.94. The maximum atomic E-state index is 11.8. The van der Waals surface area contributed by atoms with Crippen molar-refractivity contribution in [2.24, 2.45) is 0 Å². The second kappa shape index (κ2) is 2.75. The Kier molecular flexibility index (Phi) is 2.55. The lowest BCUT2D eigenvalue weighted by Gasteiger charge is -2.05. The number of rotatable bonds is 3. The zero-order valence-corrected chi connectivity index (χ0v) is 5.03. The van der Waals surface area contributed by atoms with E-state index >= 15 is 0 Å². The van der Waals surface area contributed by atoms with Crippen molar-refractivity contribution < 1.29 is 18.7 Å². The van der Waals surface area contributed by atoms with Crippen molar-refractivity contribution in [1.29, 1.82) is 0 Å². The fourth-order valence-corrected chi connectivity index (χ4v) is 0.326. The summed E-state index contributed by atoms with van der Waals surface area (Å²) in [6.45, 7) is 0.704. The Hall–Kier alpha value is -0.670. The highest BCUT2D eigenvalue weighted by atomic mass is 19.3. The maximum absolute atomic E-state index is 11.8. The van der Waals surface area contributed by atoms with Crippen LogP contribution in [-0.2, 0) is 4.79 Å². The lowest BCUT2D eigenvalue weighted by Crippen LogP contribution is -2.11. The molecule has 0 atom stereocenters. The molecule has 0 radical (unpaired) electrons. The fourth-order valence-electron chi connectivity index (χ4n) is 0.326. The molecule has 0 saturated heterocycles. The first-order valence-corrected chi connectivity index (χ1v) is 2.51. The van der Waals surface area contributed by atoms with Crippen LogP contribution >= 0.6 is 0 Å². The van der Waals surface area contributed by atoms with Gasteiger partial charge in [0.1, 0.15) is 0 Å². The molecule has 0 aliphatic rings. The first-order chi connectivity index (χ1) is 3.92. The second-order valence-electron chi connectivity index (χ2n) is 1.96. The van der Waals surface area contributed by atoms with Crippen molar-refractivity contribution in [3.05, 3.63) is 0 Å². The molecule has 2 nitrogen and oxygen atoms in total. The summed E-state index contributed by atoms with van der Waals surface area (Å²) in [6.07, 6.45) is -1.05. The summed E-state index contributed by atoms with van der Waals surface area (Å²) >= 11 is 0. The van der Waals surface area contributed by atoms with Crippen molar-refractivity contribution in [3.8, 4) is 0 Å². The van der Waals surface area contributed by atoms with E-state index < -0.39 is 24.7 Å². The predicted molar refractivity (Wildman–Crippen MR) is 27.5 cm³/mol. The van der Waals surface area contributed by atoms with Crippen LogP contribution < -0.4 is 0 Å². The number of hydrogen-bond acceptors (Lipinski definition) is 1. The third-order valence-electron chi connectivity index (χ3n) is 0.778. The van der Waals surface area contributed by atoms with Gasteiger partial charge in [-0.3, -0.25) is 4.79 Å². The number of carboxylic acids is 1. The Morgan fingerprint density at radius 1 is 1.67 bits per heavy atom. The van der Waals surface area contributed by atoms with Crippen LogP contribution in [0.15, 0.2) is 0 Å². The average Bonchev–Trinajstić information content (AvgIpc) is 1.59. The van der Waals surface area contributed by atoms with Crippen molar-refractivity contribution >= 4 is 5.97 Å². The molecule has 0 aliphatic heterocycles. The quantitative estimate of drug-likeness (QED) is 0.641. The summed E-state index contributed by atoms with van der Waals surface area (Å²) < 4.78 is 23.6. The molecule has 0 fully saturated rings. The summed E-state index contributed by atoms with van der Waals surface area (Å²) in [6, 6.07) is 0. The fraction of sp³-hybridized carbons (Fsp3) is 0.800. The second-order valence-corrected chi connectivity index (χ2v) is 1.96. The van der Waals surface area contributed by atoms with Crippen LogP contribution in [0.5, 0.6) is 0 Å². The third kappa shape index (κ3) is 7.33. The molecule has 0 saturated carbocycles. The highest BCUT2D eigenvalue weighted by Crippen LogP contribution is 2.17. The summed E-state index contributed by atoms with van der Waals surface area (Å²) in [5.74, 6) is -4.03. The van der Waals surface area contributed by atoms with Gasteiger partial charge in [-0.05, 0) is 6.92 Å². The molecular weight excluding hydrogens is 130 g/mol. The van der Waals surface area contributed by atoms with Gasteiger partial charge in [0.2, 0.25) is 5.92 Å². The third-order valence-corrected chi connectivity index (χ3v) is 0.778. The summed E-state index contributed by atoms with van der Waals surface area (Å²) in [7, 11) is 0. The molecule has 0 unspecified atom stereocenters. The molecular formula is C5H8F2O2. The Bertz CT molecular complexity index is 106. The zero-order chi connectivity index (χ0) is 7.49. The Labute approximate surface area is 51.5 Å². The number of halogens is 2. The molecule has 0 spiro atoms. The molecule has 0 rings (SSSR count). The topological polar surface area (TPSA) is 37.3 Å². The number of hydrogen-bond donors (Lipinski definition) is 1. The van der Waals surface area contributed by atoms with Gasteiger partial charge in [0, 0.05) is 6.42 Å². The summed E-state index contributed by atoms with van der Waals surface area (Å²) in [5.41, 5.74) is 0. The van der Waals surface area contributed by atoms with Crippen LogP contribution in [0.1, 0.15) is 19.8 Å². The van der Waals surface area contributed by atoms with Crippen molar-refractivity contribution in [2.75, 3.05) is 0 Å². The van der Waals surface area contributed by atoms with E-state index in [2.05, 4.69) is 0 Å². The number of carboxylic acid groups (broad SMARTS) is 1. The van der Waals surface area contributed by atoms with Crippen LogP contribution in [0.2, 0.25) is 0 Å². The molecule has 0 aromatic carbocycles.